The predicted octanol–water partition coefficient (Wildman–Crippen LogP) is 13.4. The molecule has 8 nitrogen and oxygen atoms in total. The highest BCUT2D eigenvalue weighted by Crippen LogP contribution is 2.47. The van der Waals surface area contributed by atoms with Crippen molar-refractivity contribution in [3.8, 4) is 0 Å². The first kappa shape index (κ1) is 49.0. The maximum Gasteiger partial charge on any atom is 0.474 e. The van der Waals surface area contributed by atoms with Crippen LogP contribution in [0.5, 0.6) is 0 Å². The van der Waals surface area contributed by atoms with Crippen LogP contribution in [0.25, 0.3) is 0 Å². The molecule has 0 amide bonds. The van der Waals surface area contributed by atoms with Gasteiger partial charge in [-0.25, -0.2) is 4.57 Å². The fourth-order valence-electron chi connectivity index (χ4n) is 6.25. The molecular formula is C41H81O8P. The van der Waals surface area contributed by atoms with Crippen molar-refractivity contribution in [3.63, 3.8) is 0 Å². The monoisotopic (exact) mass is 733 g/mol. The summed E-state index contributed by atoms with van der Waals surface area (Å²) < 4.78 is 38.3. The molecular weight excluding hydrogens is 651 g/mol. The van der Waals surface area contributed by atoms with Crippen molar-refractivity contribution < 1.29 is 37.2 Å². The van der Waals surface area contributed by atoms with Gasteiger partial charge >= 0.3 is 19.8 Å². The van der Waals surface area contributed by atoms with Gasteiger partial charge in [-0.3, -0.25) is 23.2 Å². The van der Waals surface area contributed by atoms with Crippen LogP contribution in [0.4, 0.5) is 0 Å². The van der Waals surface area contributed by atoms with Gasteiger partial charge in [-0.15, -0.1) is 0 Å². The van der Waals surface area contributed by atoms with Crippen molar-refractivity contribution in [2.24, 2.45) is 0 Å². The highest BCUT2D eigenvalue weighted by atomic mass is 31.2. The maximum atomic E-state index is 12.6. The molecule has 0 bridgehead atoms. The van der Waals surface area contributed by atoms with Gasteiger partial charge in [0, 0.05) is 27.1 Å². The minimum Gasteiger partial charge on any atom is -0.462 e. The van der Waals surface area contributed by atoms with E-state index in [4.69, 9.17) is 23.0 Å². The molecule has 0 saturated carbocycles. The summed E-state index contributed by atoms with van der Waals surface area (Å²) in [5.41, 5.74) is 0. The third-order valence-electron chi connectivity index (χ3n) is 9.56. The SMILES string of the molecule is CCCCCCCCCCCCCCCCCC(=O)OC[C@H](COP(=O)(OC)OC)OC(=O)CCCCCCCCCCCCCCCCC. The van der Waals surface area contributed by atoms with E-state index in [0.29, 0.717) is 6.42 Å². The van der Waals surface area contributed by atoms with E-state index in [9.17, 15) is 14.2 Å². The van der Waals surface area contributed by atoms with Crippen molar-refractivity contribution in [1.29, 1.82) is 0 Å². The molecule has 0 aliphatic carbocycles. The quantitative estimate of drug-likeness (QED) is 0.0349. The third kappa shape index (κ3) is 34.2. The summed E-state index contributed by atoms with van der Waals surface area (Å²) >= 11 is 0. The van der Waals surface area contributed by atoms with E-state index in [1.54, 1.807) is 0 Å². The van der Waals surface area contributed by atoms with Crippen molar-refractivity contribution in [2.45, 2.75) is 225 Å². The molecule has 0 aliphatic rings. The molecule has 0 rings (SSSR count). The van der Waals surface area contributed by atoms with Crippen molar-refractivity contribution >= 4 is 19.8 Å². The van der Waals surface area contributed by atoms with E-state index in [0.717, 1.165) is 38.5 Å². The van der Waals surface area contributed by atoms with E-state index < -0.39 is 13.9 Å². The normalized spacial score (nSPS) is 12.3. The average molecular weight is 733 g/mol. The molecule has 0 N–H and O–H groups in total. The van der Waals surface area contributed by atoms with Gasteiger partial charge in [-0.2, -0.15) is 0 Å². The number of phosphoric acid groups is 1. The predicted molar refractivity (Wildman–Crippen MR) is 208 cm³/mol. The van der Waals surface area contributed by atoms with Gasteiger partial charge in [-0.1, -0.05) is 194 Å². The smallest absolute Gasteiger partial charge is 0.462 e. The maximum absolute atomic E-state index is 12.6. The van der Waals surface area contributed by atoms with E-state index in [-0.39, 0.29) is 31.6 Å². The summed E-state index contributed by atoms with van der Waals surface area (Å²) in [7, 11) is -1.31. The van der Waals surface area contributed by atoms with Crippen molar-refractivity contribution in [3.05, 3.63) is 0 Å². The van der Waals surface area contributed by atoms with Crippen LogP contribution in [0.1, 0.15) is 219 Å². The lowest BCUT2D eigenvalue weighted by Gasteiger charge is -2.20. The van der Waals surface area contributed by atoms with Gasteiger partial charge in [0.2, 0.25) is 0 Å². The zero-order valence-corrected chi connectivity index (χ0v) is 34.2. The molecule has 0 aromatic heterocycles. The first-order valence-corrected chi connectivity index (χ1v) is 22.6. The van der Waals surface area contributed by atoms with Gasteiger partial charge < -0.3 is 9.47 Å². The molecule has 0 radical (unpaired) electrons. The van der Waals surface area contributed by atoms with E-state index in [1.807, 2.05) is 0 Å². The van der Waals surface area contributed by atoms with E-state index >= 15 is 0 Å². The van der Waals surface area contributed by atoms with Crippen LogP contribution in [0.3, 0.4) is 0 Å². The molecule has 9 heteroatoms. The number of ether oxygens (including phenoxy) is 2. The Morgan fingerprint density at radius 2 is 0.740 bits per heavy atom. The van der Waals surface area contributed by atoms with Gasteiger partial charge in [0.25, 0.3) is 0 Å². The lowest BCUT2D eigenvalue weighted by atomic mass is 10.0. The molecule has 298 valence electrons. The van der Waals surface area contributed by atoms with Crippen LogP contribution >= 0.6 is 7.82 Å². The summed E-state index contributed by atoms with van der Waals surface area (Å²) in [6.07, 6.45) is 37.6. The Morgan fingerprint density at radius 3 is 1.06 bits per heavy atom. The number of unbranched alkanes of at least 4 members (excludes halogenated alkanes) is 28. The fraction of sp³-hybridized carbons (Fsp3) is 0.951. The molecule has 0 unspecified atom stereocenters. The second-order valence-corrected chi connectivity index (χ2v) is 16.2. The first-order chi connectivity index (χ1) is 24.4. The van der Waals surface area contributed by atoms with Crippen LogP contribution in [0, 0.1) is 0 Å². The lowest BCUT2D eigenvalue weighted by molar-refractivity contribution is -0.161. The van der Waals surface area contributed by atoms with Crippen LogP contribution in [-0.2, 0) is 37.2 Å². The number of carbonyl (C=O) groups excluding carboxylic acids is 2. The molecule has 50 heavy (non-hydrogen) atoms. The molecule has 0 fully saturated rings. The van der Waals surface area contributed by atoms with Crippen molar-refractivity contribution in [1.82, 2.24) is 0 Å². The Labute approximate surface area is 309 Å². The Hall–Kier alpha value is -0.950. The number of esters is 2. The number of carbonyl (C=O) groups is 2. The minimum absolute atomic E-state index is 0.157. The minimum atomic E-state index is -3.76. The Morgan fingerprint density at radius 1 is 0.440 bits per heavy atom. The lowest BCUT2D eigenvalue weighted by Crippen LogP contribution is -2.29. The highest BCUT2D eigenvalue weighted by Gasteiger charge is 2.27. The number of rotatable bonds is 40. The fourth-order valence-corrected chi connectivity index (χ4v) is 6.96. The zero-order chi connectivity index (χ0) is 36.8. The molecule has 1 atom stereocenters. The topological polar surface area (TPSA) is 97.4 Å². The van der Waals surface area contributed by atoms with Crippen molar-refractivity contribution in [2.75, 3.05) is 27.4 Å². The van der Waals surface area contributed by atoms with Gasteiger partial charge in [-0.05, 0) is 12.8 Å². The standard InChI is InChI=1S/C41H81O8P/c1-5-7-9-11-13-15-17-19-21-23-25-27-29-31-33-35-40(42)47-37-39(38-48-50(44,45-3)46-4)49-41(43)36-34-32-30-28-26-24-22-20-18-16-14-12-10-8-6-2/h39H,5-38H2,1-4H3/t39-/m1/s1. The summed E-state index contributed by atoms with van der Waals surface area (Å²) in [6.45, 7) is 4.12. The second kappa shape index (κ2) is 37.8. The Bertz CT molecular complexity index is 785. The van der Waals surface area contributed by atoms with Gasteiger partial charge in [0.15, 0.2) is 6.10 Å². The highest BCUT2D eigenvalue weighted by molar-refractivity contribution is 7.48. The summed E-state index contributed by atoms with van der Waals surface area (Å²) in [6, 6.07) is 0. The third-order valence-corrected chi connectivity index (χ3v) is 10.9. The van der Waals surface area contributed by atoms with Gasteiger partial charge in [0.1, 0.15) is 6.61 Å². The summed E-state index contributed by atoms with van der Waals surface area (Å²) in [5.74, 6) is -0.707. The Kier molecular flexibility index (Phi) is 37.1. The van der Waals surface area contributed by atoms with Crippen LogP contribution in [0.15, 0.2) is 0 Å². The first-order valence-electron chi connectivity index (χ1n) is 21.1. The Balaban J connectivity index is 4.05. The van der Waals surface area contributed by atoms with Crippen LogP contribution < -0.4 is 0 Å². The molecule has 0 aliphatic heterocycles. The van der Waals surface area contributed by atoms with Crippen LogP contribution in [0.2, 0.25) is 0 Å². The molecule has 0 heterocycles. The molecule has 0 aromatic rings. The van der Waals surface area contributed by atoms with Gasteiger partial charge in [0.05, 0.1) is 6.61 Å². The van der Waals surface area contributed by atoms with E-state index in [1.165, 1.54) is 168 Å². The largest absolute Gasteiger partial charge is 0.474 e. The van der Waals surface area contributed by atoms with Crippen LogP contribution in [-0.4, -0.2) is 45.5 Å². The second-order valence-electron chi connectivity index (χ2n) is 14.3. The average Bonchev–Trinajstić information content (AvgIpc) is 3.12. The number of hydrogen-bond donors (Lipinski definition) is 0. The van der Waals surface area contributed by atoms with E-state index in [2.05, 4.69) is 13.8 Å². The molecule has 0 aromatic carbocycles. The summed E-state index contributed by atoms with van der Waals surface area (Å²) in [5, 5.41) is 0. The zero-order valence-electron chi connectivity index (χ0n) is 33.3. The number of hydrogen-bond acceptors (Lipinski definition) is 8. The molecule has 0 spiro atoms. The molecule has 0 saturated heterocycles. The number of phosphoric ester groups is 1. The summed E-state index contributed by atoms with van der Waals surface area (Å²) in [4.78, 5) is 25.0.